The highest BCUT2D eigenvalue weighted by molar-refractivity contribution is 7.80. The van der Waals surface area contributed by atoms with Crippen molar-refractivity contribution in [1.82, 2.24) is 19.8 Å². The van der Waals surface area contributed by atoms with Crippen LogP contribution in [0.2, 0.25) is 0 Å². The van der Waals surface area contributed by atoms with Crippen LogP contribution < -0.4 is 10.1 Å². The highest BCUT2D eigenvalue weighted by Crippen LogP contribution is 2.41. The molecule has 32 heavy (non-hydrogen) atoms. The maximum absolute atomic E-state index is 5.77. The van der Waals surface area contributed by atoms with E-state index in [4.69, 9.17) is 21.7 Å². The molecule has 1 fully saturated rings. The molecule has 1 aliphatic rings. The third-order valence-corrected chi connectivity index (χ3v) is 6.42. The summed E-state index contributed by atoms with van der Waals surface area (Å²) in [5, 5.41) is 4.29. The molecule has 168 valence electrons. The number of ether oxygens (including phenoxy) is 2. The quantitative estimate of drug-likeness (QED) is 0.403. The SMILES string of the molecule is COCCCN1C(=S)N[C@@H](c2ccccn2)[C@@H]1c1cc(C)n(-c2ccc(OC)cc2)c1C. The zero-order valence-corrected chi connectivity index (χ0v) is 19.9. The summed E-state index contributed by atoms with van der Waals surface area (Å²) < 4.78 is 12.9. The van der Waals surface area contributed by atoms with E-state index in [0.717, 1.165) is 35.2 Å². The standard InChI is InChI=1S/C25H30N4O2S/c1-17-16-21(18(2)29(17)19-9-11-20(31-4)12-10-19)24-23(22-8-5-6-13-26-22)27-25(32)28(24)14-7-15-30-3/h5-6,8-13,16,23-24H,7,14-15H2,1-4H3,(H,27,32)/t23-,24-/m0/s1. The number of aromatic nitrogens is 2. The van der Waals surface area contributed by atoms with Crippen LogP contribution >= 0.6 is 12.2 Å². The first-order valence-electron chi connectivity index (χ1n) is 10.9. The molecule has 0 unspecified atom stereocenters. The summed E-state index contributed by atoms with van der Waals surface area (Å²) in [7, 11) is 3.42. The minimum atomic E-state index is -0.0175. The molecule has 1 N–H and O–H groups in total. The van der Waals surface area contributed by atoms with Crippen LogP contribution in [0.25, 0.3) is 5.69 Å². The molecule has 1 aliphatic heterocycles. The van der Waals surface area contributed by atoms with Crippen LogP contribution in [0.3, 0.4) is 0 Å². The Hall–Kier alpha value is -2.90. The van der Waals surface area contributed by atoms with E-state index in [0.29, 0.717) is 6.61 Å². The summed E-state index contributed by atoms with van der Waals surface area (Å²) >= 11 is 5.77. The van der Waals surface area contributed by atoms with Gasteiger partial charge in [0.05, 0.1) is 24.9 Å². The van der Waals surface area contributed by atoms with Crippen LogP contribution in [0.1, 0.15) is 41.1 Å². The van der Waals surface area contributed by atoms with Crippen molar-refractivity contribution in [3.63, 3.8) is 0 Å². The van der Waals surface area contributed by atoms with Crippen LogP contribution in [0.4, 0.5) is 0 Å². The van der Waals surface area contributed by atoms with E-state index in [1.54, 1.807) is 14.2 Å². The van der Waals surface area contributed by atoms with E-state index in [-0.39, 0.29) is 12.1 Å². The van der Waals surface area contributed by atoms with Gasteiger partial charge in [-0.25, -0.2) is 0 Å². The minimum absolute atomic E-state index is 0.0175. The van der Waals surface area contributed by atoms with Crippen LogP contribution in [0.5, 0.6) is 5.75 Å². The third kappa shape index (κ3) is 4.23. The third-order valence-electron chi connectivity index (χ3n) is 6.06. The van der Waals surface area contributed by atoms with Crippen molar-refractivity contribution in [2.75, 3.05) is 27.4 Å². The van der Waals surface area contributed by atoms with Crippen molar-refractivity contribution in [3.8, 4) is 11.4 Å². The zero-order valence-electron chi connectivity index (χ0n) is 19.0. The van der Waals surface area contributed by atoms with Gasteiger partial charge in [-0.3, -0.25) is 4.98 Å². The molecule has 1 saturated heterocycles. The number of thiocarbonyl (C=S) groups is 1. The van der Waals surface area contributed by atoms with Crippen molar-refractivity contribution in [2.24, 2.45) is 0 Å². The monoisotopic (exact) mass is 450 g/mol. The lowest BCUT2D eigenvalue weighted by atomic mass is 9.96. The Kier molecular flexibility index (Phi) is 6.77. The summed E-state index contributed by atoms with van der Waals surface area (Å²) in [4.78, 5) is 6.93. The van der Waals surface area contributed by atoms with Gasteiger partial charge in [0, 0.05) is 43.5 Å². The molecule has 0 spiro atoms. The van der Waals surface area contributed by atoms with Gasteiger partial charge in [0.25, 0.3) is 0 Å². The summed E-state index contributed by atoms with van der Waals surface area (Å²) in [5.41, 5.74) is 5.72. The fourth-order valence-electron chi connectivity index (χ4n) is 4.58. The van der Waals surface area contributed by atoms with Crippen LogP contribution in [-0.4, -0.2) is 46.9 Å². The van der Waals surface area contributed by atoms with Crippen molar-refractivity contribution >= 4 is 17.3 Å². The molecule has 0 amide bonds. The van der Waals surface area contributed by atoms with E-state index < -0.39 is 0 Å². The van der Waals surface area contributed by atoms with Crippen LogP contribution in [0.15, 0.2) is 54.7 Å². The van der Waals surface area contributed by atoms with Gasteiger partial charge in [-0.1, -0.05) is 6.07 Å². The van der Waals surface area contributed by atoms with E-state index in [2.05, 4.69) is 57.9 Å². The second-order valence-electron chi connectivity index (χ2n) is 8.03. The average Bonchev–Trinajstić information content (AvgIpc) is 3.29. The molecule has 4 rings (SSSR count). The van der Waals surface area contributed by atoms with Gasteiger partial charge in [-0.2, -0.15) is 0 Å². The molecular weight excluding hydrogens is 420 g/mol. The molecule has 0 radical (unpaired) electrons. The number of hydrogen-bond acceptors (Lipinski definition) is 4. The Bertz CT molecular complexity index is 1070. The van der Waals surface area contributed by atoms with E-state index in [9.17, 15) is 0 Å². The lowest BCUT2D eigenvalue weighted by Gasteiger charge is -2.28. The van der Waals surface area contributed by atoms with Gasteiger partial charge < -0.3 is 24.3 Å². The number of hydrogen-bond donors (Lipinski definition) is 1. The van der Waals surface area contributed by atoms with Crippen LogP contribution in [-0.2, 0) is 4.74 Å². The van der Waals surface area contributed by atoms with Crippen molar-refractivity contribution in [3.05, 3.63) is 77.4 Å². The van der Waals surface area contributed by atoms with Gasteiger partial charge >= 0.3 is 0 Å². The second kappa shape index (κ2) is 9.71. The largest absolute Gasteiger partial charge is 0.497 e. The van der Waals surface area contributed by atoms with Crippen molar-refractivity contribution in [2.45, 2.75) is 32.4 Å². The smallest absolute Gasteiger partial charge is 0.170 e. The topological polar surface area (TPSA) is 51.5 Å². The molecular formula is C25H30N4O2S. The Morgan fingerprint density at radius 2 is 1.88 bits per heavy atom. The minimum Gasteiger partial charge on any atom is -0.497 e. The lowest BCUT2D eigenvalue weighted by Crippen LogP contribution is -2.31. The van der Waals surface area contributed by atoms with Gasteiger partial charge in [-0.05, 0) is 80.5 Å². The molecule has 3 heterocycles. The average molecular weight is 451 g/mol. The fourth-order valence-corrected chi connectivity index (χ4v) is 4.91. The zero-order chi connectivity index (χ0) is 22.7. The molecule has 0 aliphatic carbocycles. The predicted octanol–water partition coefficient (Wildman–Crippen LogP) is 4.51. The van der Waals surface area contributed by atoms with Gasteiger partial charge in [0.1, 0.15) is 5.75 Å². The highest BCUT2D eigenvalue weighted by Gasteiger charge is 2.41. The van der Waals surface area contributed by atoms with Gasteiger partial charge in [-0.15, -0.1) is 0 Å². The number of aryl methyl sites for hydroxylation is 1. The first-order valence-corrected chi connectivity index (χ1v) is 11.3. The number of rotatable bonds is 8. The second-order valence-corrected chi connectivity index (χ2v) is 8.41. The molecule has 1 aromatic carbocycles. The summed E-state index contributed by atoms with van der Waals surface area (Å²) in [6.45, 7) is 5.84. The molecule has 0 bridgehead atoms. The fraction of sp³-hybridized carbons (Fsp3) is 0.360. The van der Waals surface area contributed by atoms with E-state index in [1.165, 1.54) is 17.0 Å². The normalized spacial score (nSPS) is 18.1. The van der Waals surface area contributed by atoms with Crippen LogP contribution in [0, 0.1) is 13.8 Å². The number of nitrogens with one attached hydrogen (secondary N) is 1. The van der Waals surface area contributed by atoms with Gasteiger partial charge in [0.2, 0.25) is 0 Å². The molecule has 0 saturated carbocycles. The summed E-state index contributed by atoms with van der Waals surface area (Å²) in [6, 6.07) is 16.5. The first-order chi connectivity index (χ1) is 15.5. The highest BCUT2D eigenvalue weighted by atomic mass is 32.1. The number of methoxy groups -OCH3 is 2. The Labute approximate surface area is 195 Å². The maximum atomic E-state index is 5.77. The summed E-state index contributed by atoms with van der Waals surface area (Å²) in [5.74, 6) is 0.848. The Morgan fingerprint density at radius 1 is 1.09 bits per heavy atom. The molecule has 2 atom stereocenters. The van der Waals surface area contributed by atoms with Crippen molar-refractivity contribution < 1.29 is 9.47 Å². The molecule has 2 aromatic heterocycles. The van der Waals surface area contributed by atoms with Gasteiger partial charge in [0.15, 0.2) is 5.11 Å². The number of pyridine rings is 1. The molecule has 7 heteroatoms. The number of benzene rings is 1. The lowest BCUT2D eigenvalue weighted by molar-refractivity contribution is 0.180. The van der Waals surface area contributed by atoms with E-state index >= 15 is 0 Å². The molecule has 6 nitrogen and oxygen atoms in total. The van der Waals surface area contributed by atoms with E-state index in [1.807, 2.05) is 30.5 Å². The summed E-state index contributed by atoms with van der Waals surface area (Å²) in [6.07, 6.45) is 2.74. The predicted molar refractivity (Wildman–Crippen MR) is 130 cm³/mol. The van der Waals surface area contributed by atoms with Crippen molar-refractivity contribution in [1.29, 1.82) is 0 Å². The molecule has 3 aromatic rings. The number of nitrogens with zero attached hydrogens (tertiary/aromatic N) is 3. The maximum Gasteiger partial charge on any atom is 0.170 e. The Morgan fingerprint density at radius 3 is 2.53 bits per heavy atom. The Balaban J connectivity index is 1.76. The first kappa shape index (κ1) is 22.3.